The molecular formula is C57H86N2O11Si2. The van der Waals surface area contributed by atoms with Gasteiger partial charge in [-0.3, -0.25) is 0 Å². The van der Waals surface area contributed by atoms with E-state index in [0.717, 1.165) is 0 Å². The highest BCUT2D eigenvalue weighted by Gasteiger charge is 2.47. The third kappa shape index (κ3) is 19.5. The summed E-state index contributed by atoms with van der Waals surface area (Å²) in [4.78, 5) is 34.3. The molecule has 0 radical (unpaired) electrons. The molecule has 0 amide bonds. The Morgan fingerprint density at radius 2 is 1.06 bits per heavy atom. The number of oxazole rings is 2. The smallest absolute Gasteiger partial charge is 0.360 e. The standard InChI is InChI=1S/C57H86N2O11Si2/c1-20-32-48(69-71(16,17)54(3,4)5)56(9,10)46(60)36-30-26-22-24-28-34-43(64-14)39-51-59-45(41-67-51)53(62)68-47(57(11,12)49(33-21-2)70-72(18,19)55(6,7)8)37-31-27-23-25-29-35-42(63-13)38-50-58-44(40-66-50)52(61)65-15/h20-25,28-29,32-35,40-43,46-49,60H,36-39H2,1-19H3/b24-22+,25-23+,32-20+,33-21+,34-28+,35-29+/t42-,43-,46+,47+,48-,49-/m1/s1. The van der Waals surface area contributed by atoms with Gasteiger partial charge in [-0.1, -0.05) is 154 Å². The van der Waals surface area contributed by atoms with E-state index in [1.54, 1.807) is 44.6 Å². The van der Waals surface area contributed by atoms with Crippen LogP contribution in [0.4, 0.5) is 0 Å². The summed E-state index contributed by atoms with van der Waals surface area (Å²) in [7, 11) is 0.0674. The van der Waals surface area contributed by atoms with Gasteiger partial charge in [0.1, 0.15) is 18.6 Å². The molecule has 6 atom stereocenters. The predicted octanol–water partition coefficient (Wildman–Crippen LogP) is 12.1. The first-order valence-corrected chi connectivity index (χ1v) is 30.5. The lowest BCUT2D eigenvalue weighted by Crippen LogP contribution is -2.51. The normalized spacial score (nSPS) is 16.0. The van der Waals surface area contributed by atoms with Crippen LogP contribution in [0.1, 0.15) is 129 Å². The molecule has 13 nitrogen and oxygen atoms in total. The summed E-state index contributed by atoms with van der Waals surface area (Å²) in [5.74, 6) is 11.8. The Balaban J connectivity index is 2.23. The van der Waals surface area contributed by atoms with E-state index >= 15 is 0 Å². The van der Waals surface area contributed by atoms with Gasteiger partial charge in [0.05, 0.1) is 50.5 Å². The van der Waals surface area contributed by atoms with Crippen molar-refractivity contribution in [3.05, 3.63) is 109 Å². The lowest BCUT2D eigenvalue weighted by atomic mass is 9.79. The number of carbonyl (C=O) groups is 2. The minimum absolute atomic E-state index is 0.0265. The Morgan fingerprint density at radius 3 is 1.46 bits per heavy atom. The summed E-state index contributed by atoms with van der Waals surface area (Å²) in [6, 6.07) is 0. The fraction of sp³-hybridized carbons (Fsp3) is 0.579. The number of carbonyl (C=O) groups excluding carboxylic acids is 2. The van der Waals surface area contributed by atoms with Gasteiger partial charge in [0.15, 0.2) is 39.8 Å². The number of nitrogens with zero attached hydrogens (tertiary/aromatic N) is 2. The Bertz CT molecular complexity index is 2330. The van der Waals surface area contributed by atoms with Gasteiger partial charge in [0, 0.05) is 37.9 Å². The van der Waals surface area contributed by atoms with Crippen LogP contribution in [0.3, 0.4) is 0 Å². The van der Waals surface area contributed by atoms with Crippen molar-refractivity contribution in [2.75, 3.05) is 21.3 Å². The van der Waals surface area contributed by atoms with Gasteiger partial charge >= 0.3 is 11.9 Å². The number of aliphatic hydroxyl groups excluding tert-OH is 1. The van der Waals surface area contributed by atoms with E-state index in [0.29, 0.717) is 24.6 Å². The molecule has 1 N–H and O–H groups in total. The van der Waals surface area contributed by atoms with Gasteiger partial charge < -0.3 is 41.7 Å². The van der Waals surface area contributed by atoms with E-state index in [1.807, 2.05) is 84.1 Å². The van der Waals surface area contributed by atoms with Crippen LogP contribution in [-0.4, -0.2) is 102 Å². The van der Waals surface area contributed by atoms with Gasteiger partial charge in [-0.2, -0.15) is 0 Å². The van der Waals surface area contributed by atoms with Crippen LogP contribution in [0.2, 0.25) is 36.3 Å². The first-order chi connectivity index (χ1) is 33.5. The van der Waals surface area contributed by atoms with Crippen LogP contribution >= 0.6 is 0 Å². The highest BCUT2D eigenvalue weighted by Crippen LogP contribution is 2.43. The summed E-state index contributed by atoms with van der Waals surface area (Å²) < 4.78 is 47.1. The van der Waals surface area contributed by atoms with E-state index in [9.17, 15) is 14.7 Å². The number of ether oxygens (including phenoxy) is 4. The zero-order chi connectivity index (χ0) is 54.6. The summed E-state index contributed by atoms with van der Waals surface area (Å²) >= 11 is 0. The predicted molar refractivity (Wildman–Crippen MR) is 291 cm³/mol. The zero-order valence-electron chi connectivity index (χ0n) is 46.8. The highest BCUT2D eigenvalue weighted by atomic mass is 28.4. The summed E-state index contributed by atoms with van der Waals surface area (Å²) in [5, 5.41) is 11.2. The second-order valence-electron chi connectivity index (χ2n) is 21.9. The van der Waals surface area contributed by atoms with Crippen LogP contribution in [0.5, 0.6) is 0 Å². The monoisotopic (exact) mass is 1030 g/mol. The van der Waals surface area contributed by atoms with E-state index < -0.39 is 63.8 Å². The molecule has 0 saturated heterocycles. The molecule has 0 aliphatic heterocycles. The summed E-state index contributed by atoms with van der Waals surface area (Å²) in [6.45, 7) is 34.1. The van der Waals surface area contributed by atoms with Crippen molar-refractivity contribution in [1.29, 1.82) is 0 Å². The van der Waals surface area contributed by atoms with Gasteiger partial charge in [0.2, 0.25) is 0 Å². The van der Waals surface area contributed by atoms with Crippen LogP contribution in [0.25, 0.3) is 0 Å². The third-order valence-electron chi connectivity index (χ3n) is 13.7. The number of aliphatic hydroxyl groups is 1. The second-order valence-corrected chi connectivity index (χ2v) is 31.5. The first-order valence-electron chi connectivity index (χ1n) is 24.7. The third-order valence-corrected chi connectivity index (χ3v) is 22.6. The number of esters is 2. The maximum atomic E-state index is 13.9. The van der Waals surface area contributed by atoms with Crippen LogP contribution < -0.4 is 0 Å². The average molecular weight is 1030 g/mol. The van der Waals surface area contributed by atoms with Crippen molar-refractivity contribution in [3.8, 4) is 23.7 Å². The minimum Gasteiger partial charge on any atom is -0.464 e. The van der Waals surface area contributed by atoms with Crippen LogP contribution in [0.15, 0.2) is 94.3 Å². The molecule has 398 valence electrons. The molecule has 2 aromatic heterocycles. The van der Waals surface area contributed by atoms with Gasteiger partial charge in [0.25, 0.3) is 0 Å². The van der Waals surface area contributed by atoms with Crippen molar-refractivity contribution in [2.24, 2.45) is 10.8 Å². The molecule has 0 spiro atoms. The number of aromatic nitrogens is 2. The van der Waals surface area contributed by atoms with Gasteiger partial charge in [-0.25, -0.2) is 19.6 Å². The molecule has 0 unspecified atom stereocenters. The van der Waals surface area contributed by atoms with E-state index in [1.165, 1.54) is 19.6 Å². The Labute approximate surface area is 434 Å². The van der Waals surface area contributed by atoms with Gasteiger partial charge in [-0.15, -0.1) is 0 Å². The van der Waals surface area contributed by atoms with Crippen molar-refractivity contribution in [3.63, 3.8) is 0 Å². The average Bonchev–Trinajstić information content (AvgIpc) is 3.98. The number of hydrogen-bond acceptors (Lipinski definition) is 13. The SMILES string of the molecule is C/C=C/[C@@H](O[Si](C)(C)C(C)(C)C)C(C)(C)[C@H](CC#C/C=C/C=C/[C@H](Cc1nc(C(=O)OC)co1)OC)OC(=O)c1coc(C[C@@H](/C=C/C=C/C#CC[C@H](O)C(C)(C)[C@@H](/C=C/C)O[Si](C)(C)C(C)(C)C)OC)n1. The fourth-order valence-electron chi connectivity index (χ4n) is 6.41. The van der Waals surface area contributed by atoms with Crippen molar-refractivity contribution in [2.45, 2.75) is 182 Å². The quantitative estimate of drug-likeness (QED) is 0.0329. The minimum atomic E-state index is -2.28. The number of rotatable bonds is 25. The highest BCUT2D eigenvalue weighted by molar-refractivity contribution is 6.74. The van der Waals surface area contributed by atoms with E-state index in [2.05, 4.69) is 101 Å². The summed E-state index contributed by atoms with van der Waals surface area (Å²) in [6.07, 6.45) is 23.1. The topological polar surface area (TPSA) is 162 Å². The molecule has 15 heteroatoms. The number of hydrogen-bond donors (Lipinski definition) is 1. The molecule has 0 aromatic carbocycles. The summed E-state index contributed by atoms with van der Waals surface area (Å²) in [5.41, 5.74) is -1.16. The van der Waals surface area contributed by atoms with E-state index in [4.69, 9.17) is 36.6 Å². The molecule has 0 aliphatic rings. The fourth-order valence-corrected chi connectivity index (χ4v) is 9.15. The molecule has 0 saturated carbocycles. The van der Waals surface area contributed by atoms with E-state index in [-0.39, 0.29) is 46.5 Å². The lowest BCUT2D eigenvalue weighted by molar-refractivity contribution is -0.0411. The maximum absolute atomic E-state index is 13.9. The largest absolute Gasteiger partial charge is 0.464 e. The molecular weight excluding hydrogens is 945 g/mol. The molecule has 2 aromatic rings. The Kier molecular flexibility index (Phi) is 25.1. The Morgan fingerprint density at radius 1 is 0.639 bits per heavy atom. The molecule has 0 bridgehead atoms. The zero-order valence-corrected chi connectivity index (χ0v) is 48.8. The van der Waals surface area contributed by atoms with Crippen molar-refractivity contribution < 1.29 is 51.3 Å². The Hall–Kier alpha value is -4.85. The van der Waals surface area contributed by atoms with Crippen molar-refractivity contribution in [1.82, 2.24) is 9.97 Å². The molecule has 2 heterocycles. The van der Waals surface area contributed by atoms with Gasteiger partial charge in [-0.05, 0) is 62.3 Å². The van der Waals surface area contributed by atoms with Crippen LogP contribution in [-0.2, 0) is 40.6 Å². The molecule has 0 fully saturated rings. The molecule has 72 heavy (non-hydrogen) atoms. The molecule has 2 rings (SSSR count). The number of allylic oxidation sites excluding steroid dienone is 8. The first kappa shape index (κ1) is 63.3. The maximum Gasteiger partial charge on any atom is 0.360 e. The number of methoxy groups -OCH3 is 3. The van der Waals surface area contributed by atoms with Crippen LogP contribution in [0, 0.1) is 34.5 Å². The lowest BCUT2D eigenvalue weighted by Gasteiger charge is -2.45. The second kappa shape index (κ2) is 28.6. The van der Waals surface area contributed by atoms with Crippen molar-refractivity contribution >= 4 is 28.6 Å². The molecule has 0 aliphatic carbocycles.